The summed E-state index contributed by atoms with van der Waals surface area (Å²) in [5.41, 5.74) is 0. The highest BCUT2D eigenvalue weighted by Crippen LogP contribution is 2.08. The van der Waals surface area contributed by atoms with Crippen LogP contribution in [0.25, 0.3) is 0 Å². The molecular weight excluding hydrogens is 124 g/mol. The number of aliphatic hydroxyl groups excluding tert-OH is 2. The second kappa shape index (κ2) is 3.79. The van der Waals surface area contributed by atoms with E-state index < -0.39 is 19.4 Å². The molecule has 0 aromatic rings. The Bertz CT molecular complexity index is 63.4. The summed E-state index contributed by atoms with van der Waals surface area (Å²) in [7, 11) is 0. The predicted octanol–water partition coefficient (Wildman–Crippen LogP) is -0.345. The first-order valence-corrected chi connectivity index (χ1v) is 2.62. The summed E-state index contributed by atoms with van der Waals surface area (Å²) in [5, 5.41) is 16.5. The van der Waals surface area contributed by atoms with E-state index in [1.807, 2.05) is 0 Å². The first kappa shape index (κ1) is 8.84. The maximum atomic E-state index is 8.24. The molecule has 0 fully saturated rings. The minimum Gasteiger partial charge on any atom is -0.371 e. The Morgan fingerprint density at radius 1 is 1.11 bits per heavy atom. The Hall–Kier alpha value is -0.160. The lowest BCUT2D eigenvalue weighted by molar-refractivity contribution is -0.266. The Kier molecular flexibility index (Phi) is 3.72. The molecule has 4 heteroatoms. The topological polar surface area (TPSA) is 58.9 Å². The van der Waals surface area contributed by atoms with Crippen molar-refractivity contribution in [2.24, 2.45) is 0 Å². The van der Waals surface area contributed by atoms with E-state index in [0.717, 1.165) is 0 Å². The molecule has 56 valence electrons. The van der Waals surface area contributed by atoms with E-state index in [1.165, 1.54) is 0 Å². The maximum Gasteiger partial charge on any atom is 0.168 e. The van der Waals surface area contributed by atoms with Crippen LogP contribution in [0.4, 0.5) is 0 Å². The number of hydrogen-bond acceptors (Lipinski definition) is 4. The summed E-state index contributed by atoms with van der Waals surface area (Å²) in [6, 6.07) is 0. The SMILES string of the molecule is CC(C)(OCO)OCO. The number of hydrogen-bond donors (Lipinski definition) is 2. The molecule has 0 amide bonds. The van der Waals surface area contributed by atoms with Gasteiger partial charge in [0.25, 0.3) is 0 Å². The van der Waals surface area contributed by atoms with Gasteiger partial charge in [0.15, 0.2) is 5.79 Å². The van der Waals surface area contributed by atoms with E-state index >= 15 is 0 Å². The summed E-state index contributed by atoms with van der Waals surface area (Å²) in [5.74, 6) is -0.899. The van der Waals surface area contributed by atoms with E-state index in [2.05, 4.69) is 9.47 Å². The average molecular weight is 136 g/mol. The highest BCUT2D eigenvalue weighted by Gasteiger charge is 2.16. The fourth-order valence-corrected chi connectivity index (χ4v) is 0.353. The fourth-order valence-electron chi connectivity index (χ4n) is 0.353. The largest absolute Gasteiger partial charge is 0.371 e. The van der Waals surface area contributed by atoms with Crippen molar-refractivity contribution in [2.75, 3.05) is 13.6 Å². The molecule has 0 rings (SSSR count). The minimum absolute atomic E-state index is 0.410. The van der Waals surface area contributed by atoms with Crippen LogP contribution in [0, 0.1) is 0 Å². The zero-order valence-corrected chi connectivity index (χ0v) is 5.63. The Morgan fingerprint density at radius 3 is 1.67 bits per heavy atom. The van der Waals surface area contributed by atoms with E-state index in [0.29, 0.717) is 0 Å². The van der Waals surface area contributed by atoms with Gasteiger partial charge in [-0.2, -0.15) is 0 Å². The quantitative estimate of drug-likeness (QED) is 0.519. The molecule has 0 aliphatic rings. The molecule has 4 nitrogen and oxygen atoms in total. The summed E-state index contributed by atoms with van der Waals surface area (Å²) in [6.45, 7) is 2.37. The maximum absolute atomic E-state index is 8.24. The molecule has 0 heterocycles. The van der Waals surface area contributed by atoms with Crippen molar-refractivity contribution in [1.29, 1.82) is 0 Å². The normalized spacial score (nSPS) is 12.0. The second-order valence-electron chi connectivity index (χ2n) is 1.95. The van der Waals surface area contributed by atoms with Crippen LogP contribution < -0.4 is 0 Å². The predicted molar refractivity (Wildman–Crippen MR) is 30.4 cm³/mol. The summed E-state index contributed by atoms with van der Waals surface area (Å²) in [4.78, 5) is 0. The van der Waals surface area contributed by atoms with Gasteiger partial charge in [-0.05, 0) is 13.8 Å². The fraction of sp³-hybridized carbons (Fsp3) is 1.00. The Morgan fingerprint density at radius 2 is 1.44 bits per heavy atom. The van der Waals surface area contributed by atoms with Gasteiger partial charge in [0, 0.05) is 0 Å². The van der Waals surface area contributed by atoms with Crippen LogP contribution in [0.2, 0.25) is 0 Å². The molecule has 0 saturated carbocycles. The highest BCUT2D eigenvalue weighted by molar-refractivity contribution is 4.48. The monoisotopic (exact) mass is 136 g/mol. The first-order valence-electron chi connectivity index (χ1n) is 2.62. The standard InChI is InChI=1S/C5H12O4/c1-5(2,8-3-6)9-4-7/h6-7H,3-4H2,1-2H3. The van der Waals surface area contributed by atoms with Gasteiger partial charge in [0.2, 0.25) is 0 Å². The van der Waals surface area contributed by atoms with E-state index in [-0.39, 0.29) is 0 Å². The van der Waals surface area contributed by atoms with Crippen LogP contribution in [-0.4, -0.2) is 29.6 Å². The van der Waals surface area contributed by atoms with Gasteiger partial charge < -0.3 is 19.7 Å². The van der Waals surface area contributed by atoms with Gasteiger partial charge in [0.05, 0.1) is 0 Å². The number of rotatable bonds is 4. The molecule has 0 aromatic carbocycles. The number of aliphatic hydroxyl groups is 2. The summed E-state index contributed by atoms with van der Waals surface area (Å²) < 4.78 is 9.29. The van der Waals surface area contributed by atoms with Gasteiger partial charge in [-0.3, -0.25) is 0 Å². The van der Waals surface area contributed by atoms with E-state index in [4.69, 9.17) is 10.2 Å². The van der Waals surface area contributed by atoms with Gasteiger partial charge in [0.1, 0.15) is 13.6 Å². The third-order valence-corrected chi connectivity index (χ3v) is 0.824. The molecule has 0 aromatic heterocycles. The molecule has 0 aliphatic carbocycles. The van der Waals surface area contributed by atoms with Gasteiger partial charge in [-0.1, -0.05) is 0 Å². The van der Waals surface area contributed by atoms with Gasteiger partial charge in [-0.15, -0.1) is 0 Å². The molecule has 0 radical (unpaired) electrons. The zero-order valence-electron chi connectivity index (χ0n) is 5.63. The molecular formula is C5H12O4. The molecule has 0 bridgehead atoms. The minimum atomic E-state index is -0.899. The lowest BCUT2D eigenvalue weighted by Gasteiger charge is -2.22. The van der Waals surface area contributed by atoms with E-state index in [9.17, 15) is 0 Å². The van der Waals surface area contributed by atoms with Crippen LogP contribution in [0.15, 0.2) is 0 Å². The third-order valence-electron chi connectivity index (χ3n) is 0.824. The van der Waals surface area contributed by atoms with Crippen molar-refractivity contribution >= 4 is 0 Å². The second-order valence-corrected chi connectivity index (χ2v) is 1.95. The van der Waals surface area contributed by atoms with Crippen LogP contribution in [0.3, 0.4) is 0 Å². The Balaban J connectivity index is 3.43. The lowest BCUT2D eigenvalue weighted by atomic mass is 10.4. The molecule has 0 unspecified atom stereocenters. The van der Waals surface area contributed by atoms with Crippen LogP contribution in [0.5, 0.6) is 0 Å². The van der Waals surface area contributed by atoms with Crippen molar-refractivity contribution in [3.8, 4) is 0 Å². The van der Waals surface area contributed by atoms with Crippen molar-refractivity contribution in [1.82, 2.24) is 0 Å². The molecule has 0 spiro atoms. The van der Waals surface area contributed by atoms with Crippen molar-refractivity contribution in [2.45, 2.75) is 19.6 Å². The zero-order chi connectivity index (χ0) is 7.33. The summed E-state index contributed by atoms with van der Waals surface area (Å²) in [6.07, 6.45) is 0. The average Bonchev–Trinajstić information content (AvgIpc) is 1.64. The van der Waals surface area contributed by atoms with Crippen LogP contribution in [0.1, 0.15) is 13.8 Å². The van der Waals surface area contributed by atoms with Crippen molar-refractivity contribution in [3.63, 3.8) is 0 Å². The van der Waals surface area contributed by atoms with E-state index in [1.54, 1.807) is 13.8 Å². The van der Waals surface area contributed by atoms with Crippen LogP contribution >= 0.6 is 0 Å². The van der Waals surface area contributed by atoms with Crippen LogP contribution in [-0.2, 0) is 9.47 Å². The lowest BCUT2D eigenvalue weighted by Crippen LogP contribution is -2.29. The van der Waals surface area contributed by atoms with Gasteiger partial charge in [-0.25, -0.2) is 0 Å². The molecule has 0 aliphatic heterocycles. The highest BCUT2D eigenvalue weighted by atomic mass is 16.8. The Labute approximate surface area is 54.0 Å². The molecule has 0 atom stereocenters. The summed E-state index contributed by atoms with van der Waals surface area (Å²) >= 11 is 0. The molecule has 0 saturated heterocycles. The number of ether oxygens (including phenoxy) is 2. The van der Waals surface area contributed by atoms with Gasteiger partial charge >= 0.3 is 0 Å². The molecule has 9 heavy (non-hydrogen) atoms. The first-order chi connectivity index (χ1) is 4.12. The van der Waals surface area contributed by atoms with Crippen molar-refractivity contribution < 1.29 is 19.7 Å². The third kappa shape index (κ3) is 4.35. The molecule has 2 N–H and O–H groups in total. The van der Waals surface area contributed by atoms with Crippen molar-refractivity contribution in [3.05, 3.63) is 0 Å². The smallest absolute Gasteiger partial charge is 0.168 e.